The van der Waals surface area contributed by atoms with Gasteiger partial charge in [0.15, 0.2) is 0 Å². The zero-order chi connectivity index (χ0) is 21.9. The van der Waals surface area contributed by atoms with Gasteiger partial charge in [0.1, 0.15) is 0 Å². The standard InChI is InChI=1S/C21H31ClN4O2.C2H6/c1-2-7-23-8-12-26(13-9-23)21(28)17-24-10-14-25(15-11-24)20(27)16-18-3-5-19(22)6-4-18;1-2/h3-6H,2,7-17H2,1H3;1-2H3. The molecule has 2 heterocycles. The van der Waals surface area contributed by atoms with Crippen LogP contribution in [-0.2, 0) is 16.0 Å². The monoisotopic (exact) mass is 436 g/mol. The van der Waals surface area contributed by atoms with E-state index in [0.717, 1.165) is 57.8 Å². The molecule has 0 spiro atoms. The Kier molecular flexibility index (Phi) is 10.6. The third-order valence-corrected chi connectivity index (χ3v) is 5.87. The summed E-state index contributed by atoms with van der Waals surface area (Å²) in [5, 5.41) is 0.682. The van der Waals surface area contributed by atoms with Crippen molar-refractivity contribution < 1.29 is 9.59 Å². The number of carbonyl (C=O) groups excluding carboxylic acids is 2. The van der Waals surface area contributed by atoms with Crippen LogP contribution in [0.5, 0.6) is 0 Å². The van der Waals surface area contributed by atoms with Gasteiger partial charge in [0.25, 0.3) is 0 Å². The van der Waals surface area contributed by atoms with Gasteiger partial charge in [0, 0.05) is 57.4 Å². The van der Waals surface area contributed by atoms with Crippen molar-refractivity contribution in [2.75, 3.05) is 65.4 Å². The predicted octanol–water partition coefficient (Wildman–Crippen LogP) is 2.61. The highest BCUT2D eigenvalue weighted by molar-refractivity contribution is 6.30. The van der Waals surface area contributed by atoms with Crippen molar-refractivity contribution in [2.45, 2.75) is 33.6 Å². The Hall–Kier alpha value is -1.63. The van der Waals surface area contributed by atoms with Crippen LogP contribution in [0.1, 0.15) is 32.8 Å². The number of rotatable bonds is 6. The van der Waals surface area contributed by atoms with E-state index in [0.29, 0.717) is 31.1 Å². The lowest BCUT2D eigenvalue weighted by Crippen LogP contribution is -2.54. The first-order chi connectivity index (χ1) is 14.5. The van der Waals surface area contributed by atoms with Gasteiger partial charge in [-0.05, 0) is 30.7 Å². The third kappa shape index (κ3) is 7.56. The molecule has 2 aliphatic rings. The fraction of sp³-hybridized carbons (Fsp3) is 0.652. The molecule has 168 valence electrons. The van der Waals surface area contributed by atoms with E-state index in [1.54, 1.807) is 0 Å². The van der Waals surface area contributed by atoms with Crippen molar-refractivity contribution in [3.8, 4) is 0 Å². The highest BCUT2D eigenvalue weighted by atomic mass is 35.5. The Bertz CT molecular complexity index is 652. The van der Waals surface area contributed by atoms with E-state index in [9.17, 15) is 9.59 Å². The molecule has 0 atom stereocenters. The second-order valence-electron chi connectivity index (χ2n) is 7.68. The van der Waals surface area contributed by atoms with Crippen molar-refractivity contribution >= 4 is 23.4 Å². The van der Waals surface area contributed by atoms with Crippen LogP contribution >= 0.6 is 11.6 Å². The van der Waals surface area contributed by atoms with Crippen LogP contribution in [0.25, 0.3) is 0 Å². The van der Waals surface area contributed by atoms with Crippen molar-refractivity contribution in [2.24, 2.45) is 0 Å². The van der Waals surface area contributed by atoms with Crippen LogP contribution in [0, 0.1) is 0 Å². The number of hydrogen-bond acceptors (Lipinski definition) is 4. The molecule has 6 nitrogen and oxygen atoms in total. The maximum atomic E-state index is 12.6. The summed E-state index contributed by atoms with van der Waals surface area (Å²) in [5.74, 6) is 0.359. The zero-order valence-corrected chi connectivity index (χ0v) is 19.5. The minimum absolute atomic E-state index is 0.139. The summed E-state index contributed by atoms with van der Waals surface area (Å²) >= 11 is 5.90. The molecular formula is C23H37ClN4O2. The molecule has 2 saturated heterocycles. The molecule has 2 aliphatic heterocycles. The van der Waals surface area contributed by atoms with E-state index >= 15 is 0 Å². The lowest BCUT2D eigenvalue weighted by Gasteiger charge is -2.38. The average molecular weight is 437 g/mol. The van der Waals surface area contributed by atoms with Gasteiger partial charge in [-0.3, -0.25) is 19.4 Å². The molecule has 0 N–H and O–H groups in total. The van der Waals surface area contributed by atoms with Crippen molar-refractivity contribution in [3.05, 3.63) is 34.9 Å². The SMILES string of the molecule is CC.CCCN1CCN(C(=O)CN2CCN(C(=O)Cc3ccc(Cl)cc3)CC2)CC1. The molecule has 0 aliphatic carbocycles. The second kappa shape index (κ2) is 12.9. The number of amides is 2. The number of nitrogens with zero attached hydrogens (tertiary/aromatic N) is 4. The molecule has 0 saturated carbocycles. The summed E-state index contributed by atoms with van der Waals surface area (Å²) in [4.78, 5) is 33.6. The van der Waals surface area contributed by atoms with Gasteiger partial charge >= 0.3 is 0 Å². The van der Waals surface area contributed by atoms with E-state index in [1.807, 2.05) is 47.9 Å². The molecular weight excluding hydrogens is 400 g/mol. The van der Waals surface area contributed by atoms with Gasteiger partial charge in [-0.25, -0.2) is 0 Å². The molecule has 2 amide bonds. The first-order valence-electron chi connectivity index (χ1n) is 11.3. The summed E-state index contributed by atoms with van der Waals surface area (Å²) in [6, 6.07) is 7.43. The van der Waals surface area contributed by atoms with Gasteiger partial charge in [0.05, 0.1) is 13.0 Å². The normalized spacial score (nSPS) is 18.0. The van der Waals surface area contributed by atoms with Crippen LogP contribution in [0.15, 0.2) is 24.3 Å². The lowest BCUT2D eigenvalue weighted by molar-refractivity contribution is -0.136. The van der Waals surface area contributed by atoms with Crippen LogP contribution < -0.4 is 0 Å². The van der Waals surface area contributed by atoms with E-state index in [4.69, 9.17) is 11.6 Å². The fourth-order valence-corrected chi connectivity index (χ4v) is 4.00. The Morgan fingerprint density at radius 3 is 1.83 bits per heavy atom. The van der Waals surface area contributed by atoms with E-state index in [1.165, 1.54) is 0 Å². The number of piperazine rings is 2. The van der Waals surface area contributed by atoms with Crippen molar-refractivity contribution in [1.82, 2.24) is 19.6 Å². The van der Waals surface area contributed by atoms with Crippen LogP contribution in [0.3, 0.4) is 0 Å². The fourth-order valence-electron chi connectivity index (χ4n) is 3.87. The predicted molar refractivity (Wildman–Crippen MR) is 123 cm³/mol. The maximum Gasteiger partial charge on any atom is 0.236 e. The highest BCUT2D eigenvalue weighted by Gasteiger charge is 2.26. The Balaban J connectivity index is 0.00000155. The Morgan fingerprint density at radius 2 is 1.30 bits per heavy atom. The van der Waals surface area contributed by atoms with Gasteiger partial charge in [-0.1, -0.05) is 44.5 Å². The summed E-state index contributed by atoms with van der Waals surface area (Å²) in [6.45, 7) is 14.3. The molecule has 0 aromatic heterocycles. The van der Waals surface area contributed by atoms with Crippen LogP contribution in [0.4, 0.5) is 0 Å². The number of benzene rings is 1. The van der Waals surface area contributed by atoms with Gasteiger partial charge in [-0.15, -0.1) is 0 Å². The van der Waals surface area contributed by atoms with Crippen LogP contribution in [-0.4, -0.2) is 96.9 Å². The molecule has 1 aromatic carbocycles. The molecule has 7 heteroatoms. The zero-order valence-electron chi connectivity index (χ0n) is 18.8. The van der Waals surface area contributed by atoms with Gasteiger partial charge in [0.2, 0.25) is 11.8 Å². The largest absolute Gasteiger partial charge is 0.340 e. The van der Waals surface area contributed by atoms with E-state index in [-0.39, 0.29) is 11.8 Å². The first-order valence-corrected chi connectivity index (χ1v) is 11.7. The third-order valence-electron chi connectivity index (χ3n) is 5.62. The number of halogens is 1. The second-order valence-corrected chi connectivity index (χ2v) is 8.12. The number of carbonyl (C=O) groups is 2. The molecule has 0 unspecified atom stereocenters. The Morgan fingerprint density at radius 1 is 0.800 bits per heavy atom. The summed E-state index contributed by atoms with van der Waals surface area (Å²) in [7, 11) is 0. The summed E-state index contributed by atoms with van der Waals surface area (Å²) in [5.41, 5.74) is 0.981. The van der Waals surface area contributed by atoms with Crippen molar-refractivity contribution in [3.63, 3.8) is 0 Å². The first kappa shape index (κ1) is 24.6. The minimum atomic E-state index is 0.139. The number of hydrogen-bond donors (Lipinski definition) is 0. The van der Waals surface area contributed by atoms with Crippen LogP contribution in [0.2, 0.25) is 5.02 Å². The summed E-state index contributed by atoms with van der Waals surface area (Å²) in [6.07, 6.45) is 1.56. The highest BCUT2D eigenvalue weighted by Crippen LogP contribution is 2.12. The van der Waals surface area contributed by atoms with E-state index in [2.05, 4.69) is 16.7 Å². The smallest absolute Gasteiger partial charge is 0.236 e. The van der Waals surface area contributed by atoms with E-state index < -0.39 is 0 Å². The van der Waals surface area contributed by atoms with Gasteiger partial charge in [-0.2, -0.15) is 0 Å². The molecule has 30 heavy (non-hydrogen) atoms. The molecule has 2 fully saturated rings. The maximum absolute atomic E-state index is 12.6. The quantitative estimate of drug-likeness (QED) is 0.687. The molecule has 3 rings (SSSR count). The topological polar surface area (TPSA) is 47.1 Å². The van der Waals surface area contributed by atoms with Gasteiger partial charge < -0.3 is 9.80 Å². The summed E-state index contributed by atoms with van der Waals surface area (Å²) < 4.78 is 0. The van der Waals surface area contributed by atoms with Crippen molar-refractivity contribution in [1.29, 1.82) is 0 Å². The average Bonchev–Trinajstić information content (AvgIpc) is 2.78. The molecule has 1 aromatic rings. The lowest BCUT2D eigenvalue weighted by atomic mass is 10.1. The molecule has 0 radical (unpaired) electrons. The minimum Gasteiger partial charge on any atom is -0.340 e. The molecule has 0 bridgehead atoms. The Labute approximate surface area is 186 Å².